The van der Waals surface area contributed by atoms with Crippen LogP contribution in [0.4, 0.5) is 11.4 Å². The summed E-state index contributed by atoms with van der Waals surface area (Å²) in [5, 5.41) is 9.86. The molecule has 0 saturated carbocycles. The smallest absolute Gasteiger partial charge is 0.160 e. The lowest BCUT2D eigenvalue weighted by atomic mass is 9.83. The molecule has 12 rings (SSSR count). The highest BCUT2D eigenvalue weighted by Crippen LogP contribution is 2.51. The third-order valence-corrected chi connectivity index (χ3v) is 11.5. The first-order valence-corrected chi connectivity index (χ1v) is 19.0. The zero-order valence-corrected chi connectivity index (χ0v) is 30.1. The molecule has 258 valence electrons. The first-order valence-electron chi connectivity index (χ1n) is 19.0. The predicted molar refractivity (Wildman–Crippen MR) is 227 cm³/mol. The van der Waals surface area contributed by atoms with Crippen molar-refractivity contribution in [1.82, 2.24) is 9.97 Å². The Morgan fingerprint density at radius 3 is 1.77 bits per heavy atom. The van der Waals surface area contributed by atoms with E-state index < -0.39 is 0 Å². The van der Waals surface area contributed by atoms with E-state index in [1.165, 1.54) is 21.9 Å². The largest absolute Gasteiger partial charge is 0.248 e. The molecular weight excluding hydrogens is 681 g/mol. The molecule has 3 heterocycles. The fraction of sp³-hybridized carbons (Fsp3) is 0. The summed E-state index contributed by atoms with van der Waals surface area (Å²) in [6.07, 6.45) is 2.02. The van der Waals surface area contributed by atoms with Gasteiger partial charge in [0.05, 0.1) is 27.6 Å². The van der Waals surface area contributed by atoms with Crippen LogP contribution in [0, 0.1) is 10.4 Å². The van der Waals surface area contributed by atoms with Crippen LogP contribution in [-0.2, 0) is 0 Å². The molecule has 0 amide bonds. The van der Waals surface area contributed by atoms with Crippen LogP contribution in [0.5, 0.6) is 0 Å². The number of para-hydroxylation sites is 1. The van der Waals surface area contributed by atoms with Crippen molar-refractivity contribution in [3.8, 4) is 55.9 Å². The second-order valence-corrected chi connectivity index (χ2v) is 14.5. The number of nitrogens with zero attached hydrogens (tertiary/aromatic N) is 4. The van der Waals surface area contributed by atoms with Gasteiger partial charge in [-0.1, -0.05) is 146 Å². The Bertz CT molecular complexity index is 3500. The van der Waals surface area contributed by atoms with Crippen LogP contribution in [0.2, 0.25) is 0 Å². The van der Waals surface area contributed by atoms with Gasteiger partial charge in [0.25, 0.3) is 0 Å². The van der Waals surface area contributed by atoms with E-state index in [9.17, 15) is 0 Å². The quantitative estimate of drug-likeness (QED) is 0.171. The molecule has 0 bridgehead atoms. The first kappa shape index (κ1) is 30.9. The Hall–Kier alpha value is -7.56. The monoisotopic (exact) mass is 710 g/mol. The summed E-state index contributed by atoms with van der Waals surface area (Å²) in [4.78, 5) is 21.2. The van der Waals surface area contributed by atoms with E-state index in [1.807, 2.05) is 6.20 Å². The molecule has 4 heteroatoms. The lowest BCUT2D eigenvalue weighted by Crippen LogP contribution is -2.02. The number of hydrogen-bond donors (Lipinski definition) is 0. The summed E-state index contributed by atoms with van der Waals surface area (Å²) in [6, 6.07) is 62.2. The molecule has 2 aliphatic heterocycles. The van der Waals surface area contributed by atoms with E-state index in [-0.39, 0.29) is 0 Å². The summed E-state index contributed by atoms with van der Waals surface area (Å²) in [5.74, 6) is 0.670. The minimum atomic E-state index is 0.670. The SMILES string of the molecule is c1ccc(-c2ccccc2-c2ccccc2-c2c(-c3ncc4c5ccccc5c5ccccc5c4n3)ccc3c2-c2c4c(ccc2=N3)=c2ccccc2=N4)cc1. The Balaban J connectivity index is 1.20. The fourth-order valence-electron chi connectivity index (χ4n) is 9.02. The Morgan fingerprint density at radius 2 is 0.964 bits per heavy atom. The average Bonchev–Trinajstić information content (AvgIpc) is 3.85. The maximum atomic E-state index is 5.50. The molecule has 0 radical (unpaired) electrons. The first-order chi connectivity index (χ1) is 27.8. The van der Waals surface area contributed by atoms with Crippen LogP contribution in [-0.4, -0.2) is 9.97 Å². The molecule has 10 aromatic rings. The van der Waals surface area contributed by atoms with Crippen LogP contribution < -0.4 is 10.7 Å². The third-order valence-electron chi connectivity index (χ3n) is 11.5. The van der Waals surface area contributed by atoms with Crippen molar-refractivity contribution in [1.29, 1.82) is 0 Å². The topological polar surface area (TPSA) is 50.5 Å². The summed E-state index contributed by atoms with van der Waals surface area (Å²) < 4.78 is 0. The minimum Gasteiger partial charge on any atom is -0.248 e. The van der Waals surface area contributed by atoms with Crippen molar-refractivity contribution < 1.29 is 0 Å². The number of rotatable bonds is 4. The lowest BCUT2D eigenvalue weighted by Gasteiger charge is -2.20. The van der Waals surface area contributed by atoms with Crippen molar-refractivity contribution in [3.63, 3.8) is 0 Å². The molecular formula is C52H30N4. The molecule has 0 fully saturated rings. The van der Waals surface area contributed by atoms with Gasteiger partial charge in [0, 0.05) is 49.7 Å². The second kappa shape index (κ2) is 12.0. The van der Waals surface area contributed by atoms with E-state index in [0.29, 0.717) is 5.82 Å². The maximum Gasteiger partial charge on any atom is 0.160 e. The van der Waals surface area contributed by atoms with Crippen LogP contribution in [0.1, 0.15) is 0 Å². The van der Waals surface area contributed by atoms with E-state index in [4.69, 9.17) is 20.0 Å². The van der Waals surface area contributed by atoms with Crippen molar-refractivity contribution >= 4 is 43.8 Å². The summed E-state index contributed by atoms with van der Waals surface area (Å²) in [7, 11) is 0. The minimum absolute atomic E-state index is 0.670. The second-order valence-electron chi connectivity index (χ2n) is 14.5. The van der Waals surface area contributed by atoms with Gasteiger partial charge in [-0.25, -0.2) is 20.0 Å². The standard InChI is InChI=1S/C52H30N4/c1-2-14-31(15-3-1)32-16-4-5-17-33(32)35-19-8-10-23-39(35)47-42(52-53-30-43-37-21-7-6-18-34(37)36-20-9-11-24-40(36)50(43)56-52)27-29-45-48(47)49-46(54-45)28-26-41-38-22-12-13-25-44(38)55-51(41)49/h1-30H. The highest BCUT2D eigenvalue weighted by molar-refractivity contribution is 6.24. The summed E-state index contributed by atoms with van der Waals surface area (Å²) in [5.41, 5.74) is 12.6. The van der Waals surface area contributed by atoms with Gasteiger partial charge in [-0.2, -0.15) is 0 Å². The highest BCUT2D eigenvalue weighted by atomic mass is 14.9. The van der Waals surface area contributed by atoms with Crippen molar-refractivity contribution in [2.75, 3.05) is 0 Å². The third kappa shape index (κ3) is 4.47. The molecule has 9 aromatic carbocycles. The van der Waals surface area contributed by atoms with Gasteiger partial charge in [-0.15, -0.1) is 0 Å². The molecule has 0 atom stereocenters. The van der Waals surface area contributed by atoms with Crippen LogP contribution >= 0.6 is 0 Å². The van der Waals surface area contributed by atoms with E-state index in [0.717, 1.165) is 93.1 Å². The molecule has 2 aliphatic rings. The number of fused-ring (bicyclic) bond motifs is 12. The Morgan fingerprint density at radius 1 is 0.339 bits per heavy atom. The van der Waals surface area contributed by atoms with E-state index in [2.05, 4.69) is 176 Å². The van der Waals surface area contributed by atoms with Gasteiger partial charge in [0.15, 0.2) is 5.82 Å². The number of aromatic nitrogens is 2. The fourth-order valence-corrected chi connectivity index (χ4v) is 9.02. The average molecular weight is 711 g/mol. The molecule has 0 unspecified atom stereocenters. The van der Waals surface area contributed by atoms with Gasteiger partial charge in [0.2, 0.25) is 0 Å². The van der Waals surface area contributed by atoms with Gasteiger partial charge >= 0.3 is 0 Å². The van der Waals surface area contributed by atoms with E-state index >= 15 is 0 Å². The van der Waals surface area contributed by atoms with Crippen LogP contribution in [0.3, 0.4) is 0 Å². The number of benzene rings is 9. The molecule has 0 saturated heterocycles. The molecule has 56 heavy (non-hydrogen) atoms. The van der Waals surface area contributed by atoms with Gasteiger partial charge < -0.3 is 0 Å². The van der Waals surface area contributed by atoms with Gasteiger partial charge in [-0.3, -0.25) is 0 Å². The summed E-state index contributed by atoms with van der Waals surface area (Å²) in [6.45, 7) is 0. The van der Waals surface area contributed by atoms with Gasteiger partial charge in [0.1, 0.15) is 0 Å². The summed E-state index contributed by atoms with van der Waals surface area (Å²) >= 11 is 0. The van der Waals surface area contributed by atoms with Crippen molar-refractivity contribution in [2.45, 2.75) is 0 Å². The van der Waals surface area contributed by atoms with Gasteiger partial charge in [-0.05, 0) is 74.3 Å². The highest BCUT2D eigenvalue weighted by Gasteiger charge is 2.29. The maximum absolute atomic E-state index is 5.50. The molecule has 0 aliphatic carbocycles. The van der Waals surface area contributed by atoms with Crippen molar-refractivity contribution in [3.05, 3.63) is 203 Å². The Labute approximate surface area is 321 Å². The van der Waals surface area contributed by atoms with Crippen molar-refractivity contribution in [2.24, 2.45) is 9.98 Å². The molecule has 1 aromatic heterocycles. The lowest BCUT2D eigenvalue weighted by molar-refractivity contribution is 1.23. The van der Waals surface area contributed by atoms with Crippen LogP contribution in [0.25, 0.3) is 88.3 Å². The van der Waals surface area contributed by atoms with Crippen LogP contribution in [0.15, 0.2) is 192 Å². The zero-order chi connectivity index (χ0) is 36.7. The predicted octanol–water partition coefficient (Wildman–Crippen LogP) is 12.1. The normalized spacial score (nSPS) is 12.2. The number of hydrogen-bond acceptors (Lipinski definition) is 4. The zero-order valence-electron chi connectivity index (χ0n) is 30.1. The molecule has 0 spiro atoms. The van der Waals surface area contributed by atoms with E-state index in [1.54, 1.807) is 0 Å². The Kier molecular flexibility index (Phi) is 6.60. The molecule has 4 nitrogen and oxygen atoms in total. The molecule has 0 N–H and O–H groups in total.